The van der Waals surface area contributed by atoms with Gasteiger partial charge in [0.2, 0.25) is 0 Å². The number of anilines is 1. The Labute approximate surface area is 182 Å². The number of nitrogens with one attached hydrogen (secondary N) is 4. The Bertz CT molecular complexity index is 999. The molecule has 1 aliphatic heterocycles. The molecular weight excluding hydrogens is 395 g/mol. The first-order valence-electron chi connectivity index (χ1n) is 10.7. The third-order valence-corrected chi connectivity index (χ3v) is 6.22. The fourth-order valence-electron chi connectivity index (χ4n) is 4.30. The average molecular weight is 427 g/mol. The molecule has 2 aromatic heterocycles. The predicted molar refractivity (Wildman–Crippen MR) is 120 cm³/mol. The summed E-state index contributed by atoms with van der Waals surface area (Å²) >= 11 is 0. The molecule has 0 radical (unpaired) electrons. The van der Waals surface area contributed by atoms with Gasteiger partial charge < -0.3 is 10.7 Å². The number of alkyl halides is 1. The number of aromatic nitrogens is 3. The first kappa shape index (κ1) is 21.3. The van der Waals surface area contributed by atoms with E-state index in [0.29, 0.717) is 35.7 Å². The van der Waals surface area contributed by atoms with Gasteiger partial charge in [-0.2, -0.15) is 5.10 Å². The van der Waals surface area contributed by atoms with Crippen LogP contribution in [0.15, 0.2) is 30.4 Å². The maximum Gasteiger partial charge on any atom is 0.112 e. The van der Waals surface area contributed by atoms with Crippen LogP contribution < -0.4 is 16.3 Å². The summed E-state index contributed by atoms with van der Waals surface area (Å²) in [6.45, 7) is 4.44. The van der Waals surface area contributed by atoms with Crippen molar-refractivity contribution in [1.82, 2.24) is 30.7 Å². The van der Waals surface area contributed by atoms with E-state index in [1.165, 1.54) is 0 Å². The van der Waals surface area contributed by atoms with Crippen LogP contribution in [0.5, 0.6) is 0 Å². The number of aryl methyl sites for hydroxylation is 1. The smallest absolute Gasteiger partial charge is 0.112 e. The molecule has 0 spiro atoms. The number of rotatable bonds is 6. The molecule has 0 atom stereocenters. The molecule has 0 saturated heterocycles. The molecule has 1 fully saturated rings. The number of nitrogens with zero attached hydrogens (tertiary/aromatic N) is 4. The van der Waals surface area contributed by atoms with E-state index in [-0.39, 0.29) is 0 Å². The predicted octanol–water partition coefficient (Wildman–Crippen LogP) is 3.20. The van der Waals surface area contributed by atoms with Crippen molar-refractivity contribution in [3.63, 3.8) is 0 Å². The molecule has 166 valence electrons. The van der Waals surface area contributed by atoms with Gasteiger partial charge in [0, 0.05) is 44.2 Å². The molecule has 2 aromatic rings. The van der Waals surface area contributed by atoms with Crippen molar-refractivity contribution in [3.05, 3.63) is 47.2 Å². The maximum absolute atomic E-state index is 14.2. The van der Waals surface area contributed by atoms with Gasteiger partial charge in [-0.3, -0.25) is 20.1 Å². The van der Waals surface area contributed by atoms with Gasteiger partial charge >= 0.3 is 0 Å². The van der Waals surface area contributed by atoms with Gasteiger partial charge in [0.25, 0.3) is 0 Å². The molecule has 0 amide bonds. The Kier molecular flexibility index (Phi) is 5.70. The normalized spacial score (nSPS) is 23.8. The molecule has 1 aliphatic carbocycles. The fraction of sp³-hybridized carbons (Fsp3) is 0.500. The lowest BCUT2D eigenvalue weighted by Gasteiger charge is -2.31. The molecule has 1 saturated carbocycles. The van der Waals surface area contributed by atoms with Crippen molar-refractivity contribution in [2.75, 3.05) is 18.9 Å². The topological polar surface area (TPSA) is 93.9 Å². The van der Waals surface area contributed by atoms with Crippen LogP contribution in [0.2, 0.25) is 0 Å². The van der Waals surface area contributed by atoms with Crippen molar-refractivity contribution in [3.8, 4) is 0 Å². The highest BCUT2D eigenvalue weighted by molar-refractivity contribution is 6.12. The van der Waals surface area contributed by atoms with E-state index in [4.69, 9.17) is 5.41 Å². The first-order chi connectivity index (χ1) is 14.7. The minimum Gasteiger partial charge on any atom is -0.383 e. The number of hydrazine groups is 2. The van der Waals surface area contributed by atoms with Crippen LogP contribution in [0.3, 0.4) is 0 Å². The van der Waals surface area contributed by atoms with Crippen LogP contribution in [0.25, 0.3) is 5.70 Å². The lowest BCUT2D eigenvalue weighted by Crippen LogP contribution is -2.34. The third kappa shape index (κ3) is 4.56. The molecule has 8 nitrogen and oxygen atoms in total. The lowest BCUT2D eigenvalue weighted by atomic mass is 9.81. The van der Waals surface area contributed by atoms with E-state index in [1.54, 1.807) is 24.0 Å². The molecule has 31 heavy (non-hydrogen) atoms. The van der Waals surface area contributed by atoms with Crippen LogP contribution >= 0.6 is 0 Å². The minimum absolute atomic E-state index is 0.323. The molecule has 3 heterocycles. The van der Waals surface area contributed by atoms with Crippen molar-refractivity contribution < 1.29 is 4.39 Å². The monoisotopic (exact) mass is 426 g/mol. The van der Waals surface area contributed by atoms with Gasteiger partial charge in [-0.15, -0.1) is 5.53 Å². The summed E-state index contributed by atoms with van der Waals surface area (Å²) in [4.78, 5) is 4.66. The molecule has 0 unspecified atom stereocenters. The molecule has 9 heteroatoms. The SMILES string of the molecule is CC1=C(c2cnc(C(=N)c3cnn(C)c3)c(NCC3CCC(C)(F)CC3)c2)N(C)NN1. The quantitative estimate of drug-likeness (QED) is 0.530. The molecule has 0 aromatic carbocycles. The van der Waals surface area contributed by atoms with Crippen LogP contribution in [0, 0.1) is 11.3 Å². The number of hydrogen-bond donors (Lipinski definition) is 4. The second kappa shape index (κ2) is 8.30. The number of halogens is 1. The lowest BCUT2D eigenvalue weighted by molar-refractivity contribution is 0.106. The van der Waals surface area contributed by atoms with Crippen molar-refractivity contribution in [2.24, 2.45) is 13.0 Å². The Hall–Kier alpha value is -2.94. The summed E-state index contributed by atoms with van der Waals surface area (Å²) in [5.41, 5.74) is 10.5. The van der Waals surface area contributed by atoms with E-state index in [0.717, 1.165) is 42.0 Å². The van der Waals surface area contributed by atoms with E-state index < -0.39 is 5.67 Å². The first-order valence-corrected chi connectivity index (χ1v) is 10.7. The fourth-order valence-corrected chi connectivity index (χ4v) is 4.30. The summed E-state index contributed by atoms with van der Waals surface area (Å²) in [6, 6.07) is 2.04. The number of hydrogen-bond acceptors (Lipinski definition) is 7. The Morgan fingerprint density at radius 2 is 2.06 bits per heavy atom. The molecular formula is C22H31FN8. The highest BCUT2D eigenvalue weighted by Gasteiger charge is 2.30. The molecule has 2 aliphatic rings. The number of allylic oxidation sites excluding steroid dienone is 1. The largest absolute Gasteiger partial charge is 0.383 e. The van der Waals surface area contributed by atoms with Crippen LogP contribution in [0.1, 0.15) is 56.4 Å². The second-order valence-electron chi connectivity index (χ2n) is 8.90. The average Bonchev–Trinajstić information content (AvgIpc) is 3.31. The summed E-state index contributed by atoms with van der Waals surface area (Å²) in [7, 11) is 3.77. The summed E-state index contributed by atoms with van der Waals surface area (Å²) < 4.78 is 15.9. The highest BCUT2D eigenvalue weighted by atomic mass is 19.1. The standard InChI is InChI=1S/C22H31FN8/c1-14-21(31(4)29-28-14)16-9-18(25-10-15-5-7-22(2,23)8-6-15)20(26-11-16)19(24)17-12-27-30(3)13-17/h9,11-13,15,24-25,28-29H,5-8,10H2,1-4H3. The van der Waals surface area contributed by atoms with E-state index >= 15 is 0 Å². The summed E-state index contributed by atoms with van der Waals surface area (Å²) in [6.07, 6.45) is 8.22. The molecule has 4 N–H and O–H groups in total. The minimum atomic E-state index is -1.04. The van der Waals surface area contributed by atoms with E-state index in [1.807, 2.05) is 38.3 Å². The zero-order chi connectivity index (χ0) is 22.2. The Morgan fingerprint density at radius 1 is 1.32 bits per heavy atom. The highest BCUT2D eigenvalue weighted by Crippen LogP contribution is 2.35. The second-order valence-corrected chi connectivity index (χ2v) is 8.90. The van der Waals surface area contributed by atoms with Gasteiger partial charge in [0.15, 0.2) is 0 Å². The van der Waals surface area contributed by atoms with Gasteiger partial charge in [-0.25, -0.2) is 4.39 Å². The summed E-state index contributed by atoms with van der Waals surface area (Å²) in [5, 5.41) is 18.3. The zero-order valence-corrected chi connectivity index (χ0v) is 18.6. The third-order valence-electron chi connectivity index (χ3n) is 6.22. The van der Waals surface area contributed by atoms with Crippen molar-refractivity contribution in [1.29, 1.82) is 5.41 Å². The Balaban J connectivity index is 1.61. The molecule has 0 bridgehead atoms. The van der Waals surface area contributed by atoms with Crippen LogP contribution in [0.4, 0.5) is 10.1 Å². The molecule has 4 rings (SSSR count). The van der Waals surface area contributed by atoms with Gasteiger partial charge in [-0.1, -0.05) is 0 Å². The van der Waals surface area contributed by atoms with E-state index in [2.05, 4.69) is 26.4 Å². The number of pyridine rings is 1. The maximum atomic E-state index is 14.2. The summed E-state index contributed by atoms with van der Waals surface area (Å²) in [5.74, 6) is 0.409. The zero-order valence-electron chi connectivity index (χ0n) is 18.6. The van der Waals surface area contributed by atoms with Gasteiger partial charge in [-0.05, 0) is 51.5 Å². The van der Waals surface area contributed by atoms with Crippen molar-refractivity contribution in [2.45, 2.75) is 45.2 Å². The van der Waals surface area contributed by atoms with Crippen LogP contribution in [-0.2, 0) is 7.05 Å². The van der Waals surface area contributed by atoms with Gasteiger partial charge in [0.05, 0.1) is 29.0 Å². The van der Waals surface area contributed by atoms with Gasteiger partial charge in [0.1, 0.15) is 11.4 Å². The van der Waals surface area contributed by atoms with Crippen LogP contribution in [-0.4, -0.2) is 44.7 Å². The van der Waals surface area contributed by atoms with E-state index in [9.17, 15) is 4.39 Å². The van der Waals surface area contributed by atoms with Crippen molar-refractivity contribution >= 4 is 17.1 Å². The Morgan fingerprint density at radius 3 is 2.68 bits per heavy atom.